The lowest BCUT2D eigenvalue weighted by Crippen LogP contribution is -2.19. The van der Waals surface area contributed by atoms with Crippen LogP contribution in [0.25, 0.3) is 0 Å². The van der Waals surface area contributed by atoms with E-state index in [4.69, 9.17) is 11.6 Å². The molecule has 90 valence electrons. The maximum atomic E-state index is 6.18. The number of hydrogen-bond donors (Lipinski definition) is 1. The van der Waals surface area contributed by atoms with Gasteiger partial charge < -0.3 is 5.32 Å². The molecule has 0 aliphatic heterocycles. The highest BCUT2D eigenvalue weighted by atomic mass is 35.5. The van der Waals surface area contributed by atoms with Crippen LogP contribution >= 0.6 is 11.6 Å². The molecule has 0 radical (unpaired) electrons. The summed E-state index contributed by atoms with van der Waals surface area (Å²) < 4.78 is 0. The van der Waals surface area contributed by atoms with Crippen molar-refractivity contribution in [3.05, 3.63) is 28.8 Å². The molecule has 0 saturated carbocycles. The van der Waals surface area contributed by atoms with Gasteiger partial charge in [-0.05, 0) is 37.5 Å². The monoisotopic (exact) mass is 239 g/mol. The topological polar surface area (TPSA) is 12.0 Å². The molecule has 0 unspecified atom stereocenters. The van der Waals surface area contributed by atoms with Crippen LogP contribution in [0.4, 0.5) is 5.69 Å². The first-order chi connectivity index (χ1) is 7.67. The van der Waals surface area contributed by atoms with Crippen LogP contribution in [-0.4, -0.2) is 6.04 Å². The van der Waals surface area contributed by atoms with E-state index in [2.05, 4.69) is 32.2 Å². The lowest BCUT2D eigenvalue weighted by Gasteiger charge is -2.19. The molecule has 0 aliphatic rings. The molecule has 0 aromatic heterocycles. The standard InChI is InChI=1S/C14H22ClN/c1-4-6-12(7-5-2)16-14-10-11(3)8-9-13(14)15/h8-10,12,16H,4-7H2,1-3H3. The van der Waals surface area contributed by atoms with Crippen LogP contribution < -0.4 is 5.32 Å². The zero-order chi connectivity index (χ0) is 12.0. The molecule has 1 aromatic rings. The SMILES string of the molecule is CCCC(CCC)Nc1cc(C)ccc1Cl. The first-order valence-corrected chi connectivity index (χ1v) is 6.57. The van der Waals surface area contributed by atoms with Crippen molar-refractivity contribution in [3.8, 4) is 0 Å². The fraction of sp³-hybridized carbons (Fsp3) is 0.571. The number of aryl methyl sites for hydroxylation is 1. The summed E-state index contributed by atoms with van der Waals surface area (Å²) in [6, 6.07) is 6.69. The van der Waals surface area contributed by atoms with Gasteiger partial charge in [-0.15, -0.1) is 0 Å². The fourth-order valence-electron chi connectivity index (χ4n) is 1.96. The van der Waals surface area contributed by atoms with Gasteiger partial charge in [0.1, 0.15) is 0 Å². The molecule has 2 heteroatoms. The van der Waals surface area contributed by atoms with E-state index in [1.165, 1.54) is 31.2 Å². The summed E-state index contributed by atoms with van der Waals surface area (Å²) in [5, 5.41) is 4.38. The van der Waals surface area contributed by atoms with Crippen molar-refractivity contribution >= 4 is 17.3 Å². The quantitative estimate of drug-likeness (QED) is 0.734. The largest absolute Gasteiger partial charge is 0.381 e. The molecular formula is C14H22ClN. The normalized spacial score (nSPS) is 10.8. The van der Waals surface area contributed by atoms with Gasteiger partial charge in [0.05, 0.1) is 10.7 Å². The predicted molar refractivity (Wildman–Crippen MR) is 73.4 cm³/mol. The highest BCUT2D eigenvalue weighted by Gasteiger charge is 2.08. The average Bonchev–Trinajstić information content (AvgIpc) is 2.24. The lowest BCUT2D eigenvalue weighted by molar-refractivity contribution is 0.586. The van der Waals surface area contributed by atoms with Gasteiger partial charge in [0.25, 0.3) is 0 Å². The van der Waals surface area contributed by atoms with E-state index in [-0.39, 0.29) is 0 Å². The van der Waals surface area contributed by atoms with Gasteiger partial charge in [-0.25, -0.2) is 0 Å². The third-order valence-electron chi connectivity index (χ3n) is 2.76. The summed E-state index contributed by atoms with van der Waals surface area (Å²) in [7, 11) is 0. The highest BCUT2D eigenvalue weighted by Crippen LogP contribution is 2.25. The Bertz CT molecular complexity index is 317. The summed E-state index contributed by atoms with van der Waals surface area (Å²) in [4.78, 5) is 0. The fourth-order valence-corrected chi connectivity index (χ4v) is 2.13. The maximum absolute atomic E-state index is 6.18. The second-order valence-corrected chi connectivity index (χ2v) is 4.81. The van der Waals surface area contributed by atoms with E-state index in [1.54, 1.807) is 0 Å². The zero-order valence-electron chi connectivity index (χ0n) is 10.5. The van der Waals surface area contributed by atoms with Crippen molar-refractivity contribution in [2.75, 3.05) is 5.32 Å². The molecule has 1 nitrogen and oxygen atoms in total. The predicted octanol–water partition coefficient (Wildman–Crippen LogP) is 5.03. The summed E-state index contributed by atoms with van der Waals surface area (Å²) in [5.74, 6) is 0. The smallest absolute Gasteiger partial charge is 0.0637 e. The molecule has 16 heavy (non-hydrogen) atoms. The van der Waals surface area contributed by atoms with E-state index in [9.17, 15) is 0 Å². The Hall–Kier alpha value is -0.690. The van der Waals surface area contributed by atoms with Gasteiger partial charge in [0.2, 0.25) is 0 Å². The van der Waals surface area contributed by atoms with Crippen molar-refractivity contribution in [2.45, 2.75) is 52.5 Å². The Labute approximate surface area is 104 Å². The molecule has 0 amide bonds. The molecule has 0 atom stereocenters. The summed E-state index contributed by atoms with van der Waals surface area (Å²) in [5.41, 5.74) is 2.33. The van der Waals surface area contributed by atoms with Crippen molar-refractivity contribution in [2.24, 2.45) is 0 Å². The number of hydrogen-bond acceptors (Lipinski definition) is 1. The maximum Gasteiger partial charge on any atom is 0.0637 e. The Morgan fingerprint density at radius 1 is 1.19 bits per heavy atom. The molecule has 0 spiro atoms. The molecular weight excluding hydrogens is 218 g/mol. The zero-order valence-corrected chi connectivity index (χ0v) is 11.3. The van der Waals surface area contributed by atoms with Gasteiger partial charge in [-0.2, -0.15) is 0 Å². The Kier molecular flexibility index (Phi) is 5.68. The number of nitrogens with one attached hydrogen (secondary N) is 1. The van der Waals surface area contributed by atoms with Crippen LogP contribution in [0, 0.1) is 6.92 Å². The van der Waals surface area contributed by atoms with Crippen LogP contribution in [0.2, 0.25) is 5.02 Å². The van der Waals surface area contributed by atoms with Gasteiger partial charge in [0.15, 0.2) is 0 Å². The van der Waals surface area contributed by atoms with Gasteiger partial charge >= 0.3 is 0 Å². The van der Waals surface area contributed by atoms with Crippen LogP contribution in [0.3, 0.4) is 0 Å². The molecule has 1 N–H and O–H groups in total. The number of rotatable bonds is 6. The van der Waals surface area contributed by atoms with E-state index >= 15 is 0 Å². The van der Waals surface area contributed by atoms with E-state index < -0.39 is 0 Å². The van der Waals surface area contributed by atoms with Crippen molar-refractivity contribution in [3.63, 3.8) is 0 Å². The number of halogens is 1. The van der Waals surface area contributed by atoms with E-state index in [0.29, 0.717) is 6.04 Å². The Morgan fingerprint density at radius 2 is 1.81 bits per heavy atom. The van der Waals surface area contributed by atoms with Gasteiger partial charge in [0, 0.05) is 6.04 Å². The summed E-state index contributed by atoms with van der Waals surface area (Å²) in [6.45, 7) is 6.54. The molecule has 0 heterocycles. The molecule has 1 aromatic carbocycles. The first-order valence-electron chi connectivity index (χ1n) is 6.20. The second-order valence-electron chi connectivity index (χ2n) is 4.40. The minimum absolute atomic E-state index is 0.550. The second kappa shape index (κ2) is 6.80. The number of anilines is 1. The molecule has 1 rings (SSSR count). The average molecular weight is 240 g/mol. The van der Waals surface area contributed by atoms with E-state index in [0.717, 1.165) is 10.7 Å². The third-order valence-corrected chi connectivity index (χ3v) is 3.09. The highest BCUT2D eigenvalue weighted by molar-refractivity contribution is 6.33. The van der Waals surface area contributed by atoms with Crippen LogP contribution in [0.5, 0.6) is 0 Å². The van der Waals surface area contributed by atoms with Crippen LogP contribution in [-0.2, 0) is 0 Å². The third kappa shape index (κ3) is 4.05. The van der Waals surface area contributed by atoms with E-state index in [1.807, 2.05) is 12.1 Å². The Balaban J connectivity index is 2.71. The number of benzene rings is 1. The van der Waals surface area contributed by atoms with Crippen LogP contribution in [0.15, 0.2) is 18.2 Å². The van der Waals surface area contributed by atoms with Crippen molar-refractivity contribution in [1.82, 2.24) is 0 Å². The van der Waals surface area contributed by atoms with Crippen molar-refractivity contribution in [1.29, 1.82) is 0 Å². The van der Waals surface area contributed by atoms with Gasteiger partial charge in [-0.3, -0.25) is 0 Å². The Morgan fingerprint density at radius 3 is 2.38 bits per heavy atom. The first kappa shape index (κ1) is 13.4. The summed E-state index contributed by atoms with van der Waals surface area (Å²) in [6.07, 6.45) is 4.83. The van der Waals surface area contributed by atoms with Crippen LogP contribution in [0.1, 0.15) is 45.1 Å². The molecule has 0 fully saturated rings. The molecule has 0 bridgehead atoms. The van der Waals surface area contributed by atoms with Crippen molar-refractivity contribution < 1.29 is 0 Å². The molecule has 0 aliphatic carbocycles. The van der Waals surface area contributed by atoms with Gasteiger partial charge in [-0.1, -0.05) is 44.4 Å². The minimum Gasteiger partial charge on any atom is -0.381 e. The lowest BCUT2D eigenvalue weighted by atomic mass is 10.1. The summed E-state index contributed by atoms with van der Waals surface area (Å²) >= 11 is 6.18. The molecule has 0 saturated heterocycles. The minimum atomic E-state index is 0.550.